The van der Waals surface area contributed by atoms with Crippen LogP contribution in [0.5, 0.6) is 5.75 Å². The van der Waals surface area contributed by atoms with Crippen molar-refractivity contribution in [3.05, 3.63) is 76.4 Å². The first kappa shape index (κ1) is 33.0. The number of aryl methyl sites for hydroxylation is 1. The van der Waals surface area contributed by atoms with Crippen LogP contribution in [0.25, 0.3) is 0 Å². The zero-order valence-corrected chi connectivity index (χ0v) is 26.6. The van der Waals surface area contributed by atoms with E-state index in [1.165, 1.54) is 25.7 Å². The summed E-state index contributed by atoms with van der Waals surface area (Å²) >= 11 is 0. The summed E-state index contributed by atoms with van der Waals surface area (Å²) in [5.41, 5.74) is 1.49. The van der Waals surface area contributed by atoms with Gasteiger partial charge in [0.25, 0.3) is 0 Å². The second-order valence-electron chi connectivity index (χ2n) is 13.5. The number of hydrogen-bond donors (Lipinski definition) is 0. The molecule has 0 N–H and O–H groups in total. The zero-order valence-electron chi connectivity index (χ0n) is 26.6. The Morgan fingerprint density at radius 3 is 1.86 bits per heavy atom. The van der Waals surface area contributed by atoms with Crippen LogP contribution in [0.15, 0.2) is 36.4 Å². The summed E-state index contributed by atoms with van der Waals surface area (Å²) in [7, 11) is 0. The number of halogens is 4. The Morgan fingerprint density at radius 2 is 1.25 bits per heavy atom. The lowest BCUT2D eigenvalue weighted by Crippen LogP contribution is -2.29. The normalized spacial score (nSPS) is 28.0. The maximum absolute atomic E-state index is 14.9. The van der Waals surface area contributed by atoms with E-state index in [-0.39, 0.29) is 23.7 Å². The predicted octanol–water partition coefficient (Wildman–Crippen LogP) is 11.0. The van der Waals surface area contributed by atoms with E-state index in [1.807, 2.05) is 19.1 Å². The van der Waals surface area contributed by atoms with Crippen LogP contribution >= 0.6 is 0 Å². The quantitative estimate of drug-likeness (QED) is 0.185. The number of ether oxygens (including phenoxy) is 2. The lowest BCUT2D eigenvalue weighted by Gasteiger charge is -2.38. The molecule has 0 saturated heterocycles. The summed E-state index contributed by atoms with van der Waals surface area (Å²) in [6.07, 6.45) is 17.6. The van der Waals surface area contributed by atoms with Crippen LogP contribution in [0, 0.1) is 41.0 Å². The van der Waals surface area contributed by atoms with E-state index in [1.54, 1.807) is 31.2 Å². The van der Waals surface area contributed by atoms with Gasteiger partial charge >= 0.3 is 0 Å². The molecule has 0 heterocycles. The molecule has 3 saturated carbocycles. The standard InChI is InChI=1S/C38H50F4O2/c1-3-5-6-7-30-18-21-32(36(40)35(30)39)29-16-19-31(20-17-29)44-24-25-8-10-26(11-9-25)27-12-14-28(15-13-27)33-22-23-34(43-4-2)38(42)37(33)41/h3,5,18,21-23,25-29,31H,4,6-17,19-20,24H2,1-2H3/b5-3+. The highest BCUT2D eigenvalue weighted by Crippen LogP contribution is 2.45. The van der Waals surface area contributed by atoms with Crippen LogP contribution in [0.1, 0.15) is 126 Å². The number of allylic oxidation sites excluding steroid dienone is 2. The summed E-state index contributed by atoms with van der Waals surface area (Å²) in [5, 5.41) is 0. The van der Waals surface area contributed by atoms with E-state index in [0.717, 1.165) is 58.0 Å². The Labute approximate surface area is 261 Å². The van der Waals surface area contributed by atoms with E-state index >= 15 is 0 Å². The first-order chi connectivity index (χ1) is 21.4. The van der Waals surface area contributed by atoms with Crippen molar-refractivity contribution in [2.45, 2.75) is 122 Å². The molecule has 44 heavy (non-hydrogen) atoms. The van der Waals surface area contributed by atoms with Crippen LogP contribution in [-0.2, 0) is 11.2 Å². The molecule has 242 valence electrons. The van der Waals surface area contributed by atoms with E-state index in [4.69, 9.17) is 9.47 Å². The van der Waals surface area contributed by atoms with Gasteiger partial charge in [0.1, 0.15) is 0 Å². The van der Waals surface area contributed by atoms with Gasteiger partial charge in [-0.25, -0.2) is 13.2 Å². The molecule has 0 bridgehead atoms. The number of benzene rings is 2. The van der Waals surface area contributed by atoms with E-state index in [2.05, 4.69) is 0 Å². The maximum Gasteiger partial charge on any atom is 0.200 e. The summed E-state index contributed by atoms with van der Waals surface area (Å²) in [6, 6.07) is 6.86. The van der Waals surface area contributed by atoms with Gasteiger partial charge in [0.05, 0.1) is 12.7 Å². The van der Waals surface area contributed by atoms with Crippen molar-refractivity contribution in [2.75, 3.05) is 13.2 Å². The topological polar surface area (TPSA) is 18.5 Å². The molecule has 0 atom stereocenters. The Kier molecular flexibility index (Phi) is 11.8. The molecule has 0 aromatic heterocycles. The fourth-order valence-electron chi connectivity index (χ4n) is 8.19. The Balaban J connectivity index is 1.01. The molecule has 3 aliphatic carbocycles. The van der Waals surface area contributed by atoms with Crippen molar-refractivity contribution >= 4 is 0 Å². The van der Waals surface area contributed by atoms with Crippen molar-refractivity contribution in [3.8, 4) is 5.75 Å². The summed E-state index contributed by atoms with van der Waals surface area (Å²) in [5.74, 6) is -0.808. The third-order valence-corrected chi connectivity index (χ3v) is 10.8. The number of rotatable bonds is 11. The minimum atomic E-state index is -0.856. The molecule has 3 aliphatic rings. The third-order valence-electron chi connectivity index (χ3n) is 10.8. The molecule has 0 radical (unpaired) electrons. The Bertz CT molecular complexity index is 1240. The Hall–Kier alpha value is -2.34. The van der Waals surface area contributed by atoms with Gasteiger partial charge in [-0.15, -0.1) is 0 Å². The van der Waals surface area contributed by atoms with Gasteiger partial charge in [-0.2, -0.15) is 4.39 Å². The van der Waals surface area contributed by atoms with Gasteiger partial charge in [0, 0.05) is 6.61 Å². The number of hydrogen-bond acceptors (Lipinski definition) is 2. The molecule has 3 fully saturated rings. The van der Waals surface area contributed by atoms with Crippen molar-refractivity contribution in [2.24, 2.45) is 17.8 Å². The average Bonchev–Trinajstić information content (AvgIpc) is 3.05. The predicted molar refractivity (Wildman–Crippen MR) is 168 cm³/mol. The molecule has 5 rings (SSSR count). The lowest BCUT2D eigenvalue weighted by atomic mass is 9.68. The molecular weight excluding hydrogens is 564 g/mol. The first-order valence-electron chi connectivity index (χ1n) is 17.2. The van der Waals surface area contributed by atoms with Gasteiger partial charge in [-0.05, 0) is 156 Å². The van der Waals surface area contributed by atoms with Crippen LogP contribution in [0.2, 0.25) is 0 Å². The highest BCUT2D eigenvalue weighted by molar-refractivity contribution is 5.33. The highest BCUT2D eigenvalue weighted by Gasteiger charge is 2.33. The Morgan fingerprint density at radius 1 is 0.682 bits per heavy atom. The molecule has 0 spiro atoms. The van der Waals surface area contributed by atoms with Crippen LogP contribution in [0.3, 0.4) is 0 Å². The van der Waals surface area contributed by atoms with E-state index in [0.29, 0.717) is 53.9 Å². The van der Waals surface area contributed by atoms with Gasteiger partial charge in [0.2, 0.25) is 5.82 Å². The molecule has 2 aromatic rings. The fraction of sp³-hybridized carbons (Fsp3) is 0.632. The molecule has 0 amide bonds. The van der Waals surface area contributed by atoms with Crippen LogP contribution in [-0.4, -0.2) is 19.3 Å². The average molecular weight is 615 g/mol. The maximum atomic E-state index is 14.9. The van der Waals surface area contributed by atoms with Crippen LogP contribution < -0.4 is 4.74 Å². The molecule has 0 aliphatic heterocycles. The van der Waals surface area contributed by atoms with Gasteiger partial charge in [0.15, 0.2) is 23.2 Å². The zero-order chi connectivity index (χ0) is 31.1. The minimum absolute atomic E-state index is 0.0000840. The molecular formula is C38H50F4O2. The van der Waals surface area contributed by atoms with E-state index < -0.39 is 23.3 Å². The smallest absolute Gasteiger partial charge is 0.200 e. The molecule has 2 aromatic carbocycles. The fourth-order valence-corrected chi connectivity index (χ4v) is 8.19. The van der Waals surface area contributed by atoms with Crippen molar-refractivity contribution in [3.63, 3.8) is 0 Å². The highest BCUT2D eigenvalue weighted by atomic mass is 19.2. The van der Waals surface area contributed by atoms with Crippen molar-refractivity contribution in [1.29, 1.82) is 0 Å². The van der Waals surface area contributed by atoms with Crippen molar-refractivity contribution in [1.82, 2.24) is 0 Å². The lowest BCUT2D eigenvalue weighted by molar-refractivity contribution is -0.00763. The SMILES string of the molecule is C/C=C/CCc1ccc(C2CCC(OCC3CCC(C4CCC(c5ccc(OCC)c(F)c5F)CC4)CC3)CC2)c(F)c1F. The molecule has 0 unspecified atom stereocenters. The minimum Gasteiger partial charge on any atom is -0.491 e. The monoisotopic (exact) mass is 614 g/mol. The molecule has 2 nitrogen and oxygen atoms in total. The van der Waals surface area contributed by atoms with E-state index in [9.17, 15) is 17.6 Å². The van der Waals surface area contributed by atoms with Gasteiger partial charge < -0.3 is 9.47 Å². The second kappa shape index (κ2) is 15.8. The summed E-state index contributed by atoms with van der Waals surface area (Å²) in [6.45, 7) is 4.80. The molecule has 6 heteroatoms. The summed E-state index contributed by atoms with van der Waals surface area (Å²) in [4.78, 5) is 0. The van der Waals surface area contributed by atoms with Gasteiger partial charge in [-0.1, -0.05) is 30.4 Å². The first-order valence-corrected chi connectivity index (χ1v) is 17.2. The largest absolute Gasteiger partial charge is 0.491 e. The van der Waals surface area contributed by atoms with Crippen LogP contribution in [0.4, 0.5) is 17.6 Å². The van der Waals surface area contributed by atoms with Crippen molar-refractivity contribution < 1.29 is 27.0 Å². The third kappa shape index (κ3) is 7.89. The summed E-state index contributed by atoms with van der Waals surface area (Å²) < 4.78 is 70.4. The van der Waals surface area contributed by atoms with Gasteiger partial charge in [-0.3, -0.25) is 0 Å². The second-order valence-corrected chi connectivity index (χ2v) is 13.5.